The summed E-state index contributed by atoms with van der Waals surface area (Å²) in [6.07, 6.45) is 0. The SMILES string of the molecule is COC(=O)c1cc(-c2ccccc2)nn1-c1ccccc1Cl. The highest BCUT2D eigenvalue weighted by atomic mass is 35.5. The molecule has 0 fully saturated rings. The third-order valence-electron chi connectivity index (χ3n) is 3.25. The fraction of sp³-hybridized carbons (Fsp3) is 0.0588. The molecule has 0 unspecified atom stereocenters. The molecule has 1 aromatic heterocycles. The van der Waals surface area contributed by atoms with E-state index in [0.29, 0.717) is 22.1 Å². The van der Waals surface area contributed by atoms with E-state index in [-0.39, 0.29) is 0 Å². The molecule has 0 bridgehead atoms. The van der Waals surface area contributed by atoms with Crippen molar-refractivity contribution in [3.05, 3.63) is 71.4 Å². The van der Waals surface area contributed by atoms with E-state index in [0.717, 1.165) is 5.56 Å². The van der Waals surface area contributed by atoms with Gasteiger partial charge in [0.15, 0.2) is 5.69 Å². The first-order chi connectivity index (χ1) is 10.7. The largest absolute Gasteiger partial charge is 0.464 e. The number of halogens is 1. The molecule has 1 heterocycles. The number of hydrogen-bond donors (Lipinski definition) is 0. The summed E-state index contributed by atoms with van der Waals surface area (Å²) in [5.41, 5.74) is 2.56. The van der Waals surface area contributed by atoms with Crippen LogP contribution in [0.1, 0.15) is 10.5 Å². The summed E-state index contributed by atoms with van der Waals surface area (Å²) in [6.45, 7) is 0. The van der Waals surface area contributed by atoms with Crippen molar-refractivity contribution >= 4 is 17.6 Å². The molecular formula is C17H13ClN2O2. The van der Waals surface area contributed by atoms with E-state index in [9.17, 15) is 4.79 Å². The number of hydrogen-bond acceptors (Lipinski definition) is 3. The minimum atomic E-state index is -0.463. The Labute approximate surface area is 132 Å². The first-order valence-electron chi connectivity index (χ1n) is 6.69. The minimum absolute atomic E-state index is 0.328. The lowest BCUT2D eigenvalue weighted by molar-refractivity contribution is 0.0590. The summed E-state index contributed by atoms with van der Waals surface area (Å²) in [4.78, 5) is 12.0. The van der Waals surface area contributed by atoms with Crippen molar-refractivity contribution in [1.29, 1.82) is 0 Å². The fourth-order valence-corrected chi connectivity index (χ4v) is 2.40. The number of para-hydroxylation sites is 1. The highest BCUT2D eigenvalue weighted by Gasteiger charge is 2.19. The number of ether oxygens (including phenoxy) is 1. The molecule has 5 heteroatoms. The number of nitrogens with zero attached hydrogens (tertiary/aromatic N) is 2. The van der Waals surface area contributed by atoms with Crippen LogP contribution in [0.3, 0.4) is 0 Å². The summed E-state index contributed by atoms with van der Waals surface area (Å²) >= 11 is 6.22. The Morgan fingerprint density at radius 3 is 2.45 bits per heavy atom. The van der Waals surface area contributed by atoms with E-state index >= 15 is 0 Å². The zero-order valence-corrected chi connectivity index (χ0v) is 12.6. The third-order valence-corrected chi connectivity index (χ3v) is 3.57. The molecule has 3 aromatic rings. The first-order valence-corrected chi connectivity index (χ1v) is 7.07. The van der Waals surface area contributed by atoms with Crippen molar-refractivity contribution in [2.45, 2.75) is 0 Å². The van der Waals surface area contributed by atoms with Gasteiger partial charge < -0.3 is 4.74 Å². The smallest absolute Gasteiger partial charge is 0.356 e. The molecule has 22 heavy (non-hydrogen) atoms. The lowest BCUT2D eigenvalue weighted by Crippen LogP contribution is -2.10. The Morgan fingerprint density at radius 1 is 1.09 bits per heavy atom. The number of esters is 1. The molecule has 4 nitrogen and oxygen atoms in total. The molecule has 0 N–H and O–H groups in total. The molecule has 0 spiro atoms. The molecule has 0 aliphatic heterocycles. The van der Waals surface area contributed by atoms with Crippen LogP contribution >= 0.6 is 11.6 Å². The van der Waals surface area contributed by atoms with E-state index < -0.39 is 5.97 Å². The van der Waals surface area contributed by atoms with Gasteiger partial charge in [0.2, 0.25) is 0 Å². The Hall–Kier alpha value is -2.59. The van der Waals surface area contributed by atoms with Crippen molar-refractivity contribution in [3.8, 4) is 16.9 Å². The Bertz CT molecular complexity index is 813. The summed E-state index contributed by atoms with van der Waals surface area (Å²) in [5.74, 6) is -0.463. The quantitative estimate of drug-likeness (QED) is 0.687. The molecule has 0 aliphatic carbocycles. The number of carbonyl (C=O) groups excluding carboxylic acids is 1. The molecule has 2 aromatic carbocycles. The van der Waals surface area contributed by atoms with Gasteiger partial charge >= 0.3 is 5.97 Å². The normalized spacial score (nSPS) is 10.5. The van der Waals surface area contributed by atoms with Crippen LogP contribution in [0.4, 0.5) is 0 Å². The van der Waals surface area contributed by atoms with Gasteiger partial charge in [0.25, 0.3) is 0 Å². The predicted octanol–water partition coefficient (Wildman–Crippen LogP) is 3.98. The van der Waals surface area contributed by atoms with Crippen LogP contribution < -0.4 is 0 Å². The number of benzene rings is 2. The molecule has 110 valence electrons. The number of aromatic nitrogens is 2. The second-order valence-electron chi connectivity index (χ2n) is 4.64. The van der Waals surface area contributed by atoms with Crippen molar-refractivity contribution in [2.75, 3.05) is 7.11 Å². The van der Waals surface area contributed by atoms with Gasteiger partial charge in [0.05, 0.1) is 23.5 Å². The molecule has 0 saturated carbocycles. The lowest BCUT2D eigenvalue weighted by atomic mass is 10.1. The van der Waals surface area contributed by atoms with Gasteiger partial charge in [-0.1, -0.05) is 54.1 Å². The molecule has 0 radical (unpaired) electrons. The van der Waals surface area contributed by atoms with Crippen LogP contribution in [-0.4, -0.2) is 22.9 Å². The molecule has 0 atom stereocenters. The molecule has 0 aliphatic rings. The maximum absolute atomic E-state index is 12.0. The maximum atomic E-state index is 12.0. The molecular weight excluding hydrogens is 300 g/mol. The standard InChI is InChI=1S/C17H13ClN2O2/c1-22-17(21)16-11-14(12-7-3-2-4-8-12)19-20(16)15-10-6-5-9-13(15)18/h2-11H,1H3. The summed E-state index contributed by atoms with van der Waals surface area (Å²) in [7, 11) is 1.34. The van der Waals surface area contributed by atoms with Gasteiger partial charge in [-0.25, -0.2) is 9.48 Å². The van der Waals surface area contributed by atoms with Crippen molar-refractivity contribution < 1.29 is 9.53 Å². The van der Waals surface area contributed by atoms with E-state index in [1.54, 1.807) is 18.2 Å². The fourth-order valence-electron chi connectivity index (χ4n) is 2.19. The third kappa shape index (κ3) is 2.61. The summed E-state index contributed by atoms with van der Waals surface area (Å²) in [6, 6.07) is 18.5. The van der Waals surface area contributed by atoms with Crippen molar-refractivity contribution in [2.24, 2.45) is 0 Å². The average molecular weight is 313 g/mol. The van der Waals surface area contributed by atoms with Gasteiger partial charge in [-0.15, -0.1) is 0 Å². The zero-order chi connectivity index (χ0) is 15.5. The van der Waals surface area contributed by atoms with Crippen LogP contribution in [0.5, 0.6) is 0 Å². The Balaban J connectivity index is 2.19. The van der Waals surface area contributed by atoms with Crippen LogP contribution in [0.15, 0.2) is 60.7 Å². The monoisotopic (exact) mass is 312 g/mol. The van der Waals surface area contributed by atoms with Gasteiger partial charge in [-0.2, -0.15) is 5.10 Å². The van der Waals surface area contributed by atoms with Crippen molar-refractivity contribution in [1.82, 2.24) is 9.78 Å². The van der Waals surface area contributed by atoms with Crippen LogP contribution in [0.25, 0.3) is 16.9 Å². The molecule has 0 amide bonds. The zero-order valence-electron chi connectivity index (χ0n) is 11.9. The summed E-state index contributed by atoms with van der Waals surface area (Å²) in [5, 5.41) is 5.02. The van der Waals surface area contributed by atoms with Gasteiger partial charge in [0, 0.05) is 5.56 Å². The summed E-state index contributed by atoms with van der Waals surface area (Å²) < 4.78 is 6.36. The van der Waals surface area contributed by atoms with E-state index in [4.69, 9.17) is 16.3 Å². The van der Waals surface area contributed by atoms with E-state index in [1.165, 1.54) is 11.8 Å². The van der Waals surface area contributed by atoms with E-state index in [2.05, 4.69) is 5.10 Å². The average Bonchev–Trinajstić information content (AvgIpc) is 3.00. The topological polar surface area (TPSA) is 44.1 Å². The Kier molecular flexibility index (Phi) is 3.94. The van der Waals surface area contributed by atoms with Crippen LogP contribution in [0, 0.1) is 0 Å². The second kappa shape index (κ2) is 6.03. The van der Waals surface area contributed by atoms with Gasteiger partial charge in [0.1, 0.15) is 0 Å². The van der Waals surface area contributed by atoms with Crippen LogP contribution in [0.2, 0.25) is 5.02 Å². The number of methoxy groups -OCH3 is 1. The Morgan fingerprint density at radius 2 is 1.77 bits per heavy atom. The van der Waals surface area contributed by atoms with Gasteiger partial charge in [-0.05, 0) is 18.2 Å². The number of carbonyl (C=O) groups is 1. The minimum Gasteiger partial charge on any atom is -0.464 e. The second-order valence-corrected chi connectivity index (χ2v) is 5.04. The number of rotatable bonds is 3. The highest BCUT2D eigenvalue weighted by Crippen LogP contribution is 2.25. The van der Waals surface area contributed by atoms with E-state index in [1.807, 2.05) is 42.5 Å². The predicted molar refractivity (Wildman–Crippen MR) is 85.3 cm³/mol. The first kappa shape index (κ1) is 14.4. The maximum Gasteiger partial charge on any atom is 0.356 e. The van der Waals surface area contributed by atoms with Crippen molar-refractivity contribution in [3.63, 3.8) is 0 Å². The van der Waals surface area contributed by atoms with Crippen LogP contribution in [-0.2, 0) is 4.74 Å². The lowest BCUT2D eigenvalue weighted by Gasteiger charge is -2.07. The highest BCUT2D eigenvalue weighted by molar-refractivity contribution is 6.32. The van der Waals surface area contributed by atoms with Gasteiger partial charge in [-0.3, -0.25) is 0 Å². The molecule has 3 rings (SSSR count). The molecule has 0 saturated heterocycles.